The molecule has 0 heterocycles. The van der Waals surface area contributed by atoms with E-state index in [-0.39, 0.29) is 37.3 Å². The van der Waals surface area contributed by atoms with Gasteiger partial charge in [-0.2, -0.15) is 0 Å². The highest BCUT2D eigenvalue weighted by Gasteiger charge is 2.15. The van der Waals surface area contributed by atoms with E-state index >= 15 is 0 Å². The molecular weight excluding hydrogens is 321 g/mol. The molecule has 0 fully saturated rings. The molecule has 0 saturated carbocycles. The molecule has 0 bridgehead atoms. The zero-order valence-corrected chi connectivity index (χ0v) is 14.1. The lowest BCUT2D eigenvalue weighted by Gasteiger charge is -2.25. The maximum Gasteiger partial charge on any atom is 0.239 e. The number of halogens is 1. The van der Waals surface area contributed by atoms with Crippen molar-refractivity contribution >= 4 is 17.5 Å². The van der Waals surface area contributed by atoms with Crippen molar-refractivity contribution in [1.29, 1.82) is 0 Å². The van der Waals surface area contributed by atoms with E-state index in [2.05, 4.69) is 5.32 Å². The third-order valence-electron chi connectivity index (χ3n) is 3.83. The van der Waals surface area contributed by atoms with Crippen molar-refractivity contribution in [2.24, 2.45) is 5.73 Å². The Balaban J connectivity index is 2.03. The van der Waals surface area contributed by atoms with E-state index in [9.17, 15) is 14.0 Å². The Kier molecular flexibility index (Phi) is 6.51. The lowest BCUT2D eigenvalue weighted by Crippen LogP contribution is -2.39. The van der Waals surface area contributed by atoms with Crippen molar-refractivity contribution in [3.63, 3.8) is 0 Å². The lowest BCUT2D eigenvalue weighted by atomic mass is 10.1. The van der Waals surface area contributed by atoms with Crippen LogP contribution >= 0.6 is 0 Å². The van der Waals surface area contributed by atoms with E-state index in [1.807, 2.05) is 37.3 Å². The summed E-state index contributed by atoms with van der Waals surface area (Å²) in [5.41, 5.74) is 6.86. The van der Waals surface area contributed by atoms with Gasteiger partial charge >= 0.3 is 0 Å². The second-order valence-corrected chi connectivity index (χ2v) is 5.81. The minimum Gasteiger partial charge on any atom is -0.370 e. The van der Waals surface area contributed by atoms with Gasteiger partial charge in [-0.1, -0.05) is 30.3 Å². The Morgan fingerprint density at radius 3 is 2.36 bits per heavy atom. The zero-order chi connectivity index (χ0) is 18.2. The van der Waals surface area contributed by atoms with Crippen molar-refractivity contribution in [2.75, 3.05) is 18.0 Å². The molecule has 1 atom stereocenters. The van der Waals surface area contributed by atoms with Gasteiger partial charge in [0, 0.05) is 18.7 Å². The first-order valence-corrected chi connectivity index (χ1v) is 8.09. The van der Waals surface area contributed by atoms with Crippen LogP contribution in [0.3, 0.4) is 0 Å². The monoisotopic (exact) mass is 343 g/mol. The Morgan fingerprint density at radius 2 is 1.76 bits per heavy atom. The highest BCUT2D eigenvalue weighted by atomic mass is 19.1. The molecule has 2 amide bonds. The fourth-order valence-corrected chi connectivity index (χ4v) is 2.48. The first-order valence-electron chi connectivity index (χ1n) is 8.09. The quantitative estimate of drug-likeness (QED) is 0.773. The fourth-order valence-electron chi connectivity index (χ4n) is 2.48. The summed E-state index contributed by atoms with van der Waals surface area (Å²) < 4.78 is 13.1. The van der Waals surface area contributed by atoms with E-state index in [1.165, 1.54) is 12.1 Å². The number of carbonyl (C=O) groups excluding carboxylic acids is 2. The van der Waals surface area contributed by atoms with Gasteiger partial charge in [-0.05, 0) is 36.8 Å². The summed E-state index contributed by atoms with van der Waals surface area (Å²) in [7, 11) is 0. The van der Waals surface area contributed by atoms with Gasteiger partial charge in [0.1, 0.15) is 5.82 Å². The molecular formula is C19H22FN3O2. The number of benzene rings is 2. The molecule has 0 saturated heterocycles. The molecule has 0 spiro atoms. The van der Waals surface area contributed by atoms with Crippen LogP contribution in [0.2, 0.25) is 0 Å². The highest BCUT2D eigenvalue weighted by molar-refractivity contribution is 5.82. The molecule has 2 rings (SSSR count). The van der Waals surface area contributed by atoms with Gasteiger partial charge in [-0.3, -0.25) is 9.59 Å². The Hall–Kier alpha value is -2.89. The molecule has 0 aliphatic rings. The minimum atomic E-state index is -0.454. The molecule has 25 heavy (non-hydrogen) atoms. The smallest absolute Gasteiger partial charge is 0.239 e. The van der Waals surface area contributed by atoms with Crippen molar-refractivity contribution in [2.45, 2.75) is 19.4 Å². The highest BCUT2D eigenvalue weighted by Crippen LogP contribution is 2.16. The third-order valence-corrected chi connectivity index (χ3v) is 3.83. The predicted molar refractivity (Wildman–Crippen MR) is 95.4 cm³/mol. The van der Waals surface area contributed by atoms with Crippen molar-refractivity contribution in [3.8, 4) is 0 Å². The number of rotatable bonds is 8. The second-order valence-electron chi connectivity index (χ2n) is 5.81. The fraction of sp³-hybridized carbons (Fsp3) is 0.263. The van der Waals surface area contributed by atoms with Crippen LogP contribution in [0.25, 0.3) is 0 Å². The average Bonchev–Trinajstić information content (AvgIpc) is 2.60. The molecule has 132 valence electrons. The summed E-state index contributed by atoms with van der Waals surface area (Å²) in [6.45, 7) is 2.24. The summed E-state index contributed by atoms with van der Waals surface area (Å²) >= 11 is 0. The Bertz CT molecular complexity index is 704. The minimum absolute atomic E-state index is 0.0517. The molecule has 0 aromatic heterocycles. The van der Waals surface area contributed by atoms with Gasteiger partial charge < -0.3 is 16.0 Å². The largest absolute Gasteiger partial charge is 0.370 e. The second kappa shape index (κ2) is 8.82. The van der Waals surface area contributed by atoms with Crippen LogP contribution in [0.15, 0.2) is 54.6 Å². The number of nitrogens with two attached hydrogens (primary N) is 1. The summed E-state index contributed by atoms with van der Waals surface area (Å²) in [6.07, 6.45) is 0.110. The van der Waals surface area contributed by atoms with Crippen LogP contribution in [0.5, 0.6) is 0 Å². The molecule has 2 aromatic rings. The molecule has 3 N–H and O–H groups in total. The normalized spacial score (nSPS) is 11.6. The Labute approximate surface area is 146 Å². The van der Waals surface area contributed by atoms with Crippen LogP contribution in [-0.2, 0) is 9.59 Å². The molecule has 0 unspecified atom stereocenters. The van der Waals surface area contributed by atoms with E-state index in [0.29, 0.717) is 5.69 Å². The van der Waals surface area contributed by atoms with E-state index in [1.54, 1.807) is 17.0 Å². The molecule has 0 aliphatic heterocycles. The average molecular weight is 343 g/mol. The number of carbonyl (C=O) groups is 2. The summed E-state index contributed by atoms with van der Waals surface area (Å²) in [4.78, 5) is 25.2. The zero-order valence-electron chi connectivity index (χ0n) is 14.1. The summed E-state index contributed by atoms with van der Waals surface area (Å²) in [5, 5.41) is 2.92. The van der Waals surface area contributed by atoms with Gasteiger partial charge in [-0.15, -0.1) is 0 Å². The van der Waals surface area contributed by atoms with Crippen LogP contribution in [0, 0.1) is 5.82 Å². The van der Waals surface area contributed by atoms with Crippen LogP contribution < -0.4 is 16.0 Å². The van der Waals surface area contributed by atoms with Gasteiger partial charge in [0.05, 0.1) is 12.6 Å². The number of hydrogen-bond donors (Lipinski definition) is 2. The number of nitrogens with zero attached hydrogens (tertiary/aromatic N) is 1. The molecule has 0 aliphatic carbocycles. The standard InChI is InChI=1S/C19H22FN3O2/c1-14(15-5-3-2-4-6-15)22-19(25)13-23(12-11-18(21)24)17-9-7-16(20)8-10-17/h2-10,14H,11-13H2,1H3,(H2,21,24)(H,22,25)/t14-/m0/s1. The maximum absolute atomic E-state index is 13.1. The van der Waals surface area contributed by atoms with E-state index in [0.717, 1.165) is 5.56 Å². The van der Waals surface area contributed by atoms with Crippen LogP contribution in [0.1, 0.15) is 24.9 Å². The van der Waals surface area contributed by atoms with Gasteiger partial charge in [0.25, 0.3) is 0 Å². The first-order chi connectivity index (χ1) is 12.0. The van der Waals surface area contributed by atoms with E-state index in [4.69, 9.17) is 5.73 Å². The topological polar surface area (TPSA) is 75.4 Å². The molecule has 5 nitrogen and oxygen atoms in total. The third kappa shape index (κ3) is 5.91. The Morgan fingerprint density at radius 1 is 1.12 bits per heavy atom. The van der Waals surface area contributed by atoms with Crippen LogP contribution in [0.4, 0.5) is 10.1 Å². The van der Waals surface area contributed by atoms with Gasteiger partial charge in [-0.25, -0.2) is 4.39 Å². The number of nitrogens with one attached hydrogen (secondary N) is 1. The first kappa shape index (κ1) is 18.4. The molecule has 6 heteroatoms. The van der Waals surface area contributed by atoms with Crippen molar-refractivity contribution in [3.05, 3.63) is 66.0 Å². The molecule has 0 radical (unpaired) electrons. The van der Waals surface area contributed by atoms with Crippen molar-refractivity contribution in [1.82, 2.24) is 5.32 Å². The van der Waals surface area contributed by atoms with Gasteiger partial charge in [0.15, 0.2) is 0 Å². The van der Waals surface area contributed by atoms with Gasteiger partial charge in [0.2, 0.25) is 11.8 Å². The van der Waals surface area contributed by atoms with E-state index < -0.39 is 5.91 Å². The molecule has 2 aromatic carbocycles. The number of primary amides is 1. The lowest BCUT2D eigenvalue weighted by molar-refractivity contribution is -0.121. The predicted octanol–water partition coefficient (Wildman–Crippen LogP) is 2.38. The SMILES string of the molecule is C[C@H](NC(=O)CN(CCC(N)=O)c1ccc(F)cc1)c1ccccc1. The summed E-state index contributed by atoms with van der Waals surface area (Å²) in [6, 6.07) is 15.3. The number of anilines is 1. The maximum atomic E-state index is 13.1. The van der Waals surface area contributed by atoms with Crippen molar-refractivity contribution < 1.29 is 14.0 Å². The number of hydrogen-bond acceptors (Lipinski definition) is 3. The van der Waals surface area contributed by atoms with Crippen LogP contribution in [-0.4, -0.2) is 24.9 Å². The summed E-state index contributed by atoms with van der Waals surface area (Å²) in [5.74, 6) is -1.00. The number of amides is 2.